The number of ether oxygens (including phenoxy) is 1. The minimum Gasteiger partial charge on any atom is -0.491 e. The van der Waals surface area contributed by atoms with Crippen molar-refractivity contribution in [3.8, 4) is 5.75 Å². The zero-order valence-electron chi connectivity index (χ0n) is 16.3. The molecule has 0 fully saturated rings. The topological polar surface area (TPSA) is 75.7 Å². The Labute approximate surface area is 171 Å². The SMILES string of the molecule is Cc1ccc(OC[C@H](C)NC(=O)[C@@H](C)N(c2cccc(Cl)c2)S(C)(=O)=O)cc1. The van der Waals surface area contributed by atoms with E-state index in [1.165, 1.54) is 13.0 Å². The van der Waals surface area contributed by atoms with Crippen LogP contribution in [0.3, 0.4) is 0 Å². The first-order chi connectivity index (χ1) is 13.1. The molecule has 28 heavy (non-hydrogen) atoms. The van der Waals surface area contributed by atoms with Gasteiger partial charge >= 0.3 is 0 Å². The number of hydrogen-bond donors (Lipinski definition) is 1. The van der Waals surface area contributed by atoms with Crippen LogP contribution in [-0.2, 0) is 14.8 Å². The van der Waals surface area contributed by atoms with Gasteiger partial charge in [-0.05, 0) is 51.1 Å². The largest absolute Gasteiger partial charge is 0.491 e. The number of halogens is 1. The maximum Gasteiger partial charge on any atom is 0.243 e. The normalized spacial score (nSPS) is 13.5. The zero-order valence-corrected chi connectivity index (χ0v) is 17.9. The molecule has 0 unspecified atom stereocenters. The summed E-state index contributed by atoms with van der Waals surface area (Å²) in [5.74, 6) is 0.279. The van der Waals surface area contributed by atoms with Crippen LogP contribution in [0.25, 0.3) is 0 Å². The Balaban J connectivity index is 2.04. The Morgan fingerprint density at radius 2 is 1.82 bits per heavy atom. The average molecular weight is 425 g/mol. The third-order valence-electron chi connectivity index (χ3n) is 4.06. The molecule has 1 amide bonds. The highest BCUT2D eigenvalue weighted by Gasteiger charge is 2.29. The number of rotatable bonds is 8. The van der Waals surface area contributed by atoms with Crippen molar-refractivity contribution >= 4 is 33.2 Å². The molecule has 0 aliphatic carbocycles. The Kier molecular flexibility index (Phi) is 7.32. The van der Waals surface area contributed by atoms with Gasteiger partial charge in [-0.3, -0.25) is 9.10 Å². The van der Waals surface area contributed by atoms with E-state index >= 15 is 0 Å². The molecule has 0 aromatic heterocycles. The molecule has 0 radical (unpaired) electrons. The molecule has 0 heterocycles. The molecule has 2 aromatic carbocycles. The average Bonchev–Trinajstić information content (AvgIpc) is 2.60. The van der Waals surface area contributed by atoms with Crippen molar-refractivity contribution in [3.05, 3.63) is 59.1 Å². The number of carbonyl (C=O) groups is 1. The molecule has 0 spiro atoms. The summed E-state index contributed by atoms with van der Waals surface area (Å²) in [4.78, 5) is 12.7. The summed E-state index contributed by atoms with van der Waals surface area (Å²) >= 11 is 5.98. The lowest BCUT2D eigenvalue weighted by molar-refractivity contribution is -0.122. The molecular formula is C20H25ClN2O4S. The monoisotopic (exact) mass is 424 g/mol. The van der Waals surface area contributed by atoms with E-state index in [2.05, 4.69) is 5.32 Å². The molecule has 0 saturated carbocycles. The molecule has 152 valence electrons. The molecule has 0 saturated heterocycles. The van der Waals surface area contributed by atoms with E-state index in [-0.39, 0.29) is 12.6 Å². The van der Waals surface area contributed by atoms with Gasteiger partial charge in [0.2, 0.25) is 15.9 Å². The van der Waals surface area contributed by atoms with E-state index in [1.54, 1.807) is 25.1 Å². The highest BCUT2D eigenvalue weighted by Crippen LogP contribution is 2.24. The maximum absolute atomic E-state index is 12.7. The molecule has 0 aliphatic rings. The van der Waals surface area contributed by atoms with Crippen LogP contribution < -0.4 is 14.4 Å². The predicted octanol–water partition coefficient (Wildman–Crippen LogP) is 3.39. The molecule has 0 aliphatic heterocycles. The van der Waals surface area contributed by atoms with Crippen molar-refractivity contribution in [1.29, 1.82) is 0 Å². The Hall–Kier alpha value is -2.25. The lowest BCUT2D eigenvalue weighted by atomic mass is 10.2. The first-order valence-electron chi connectivity index (χ1n) is 8.82. The summed E-state index contributed by atoms with van der Waals surface area (Å²) in [6.07, 6.45) is 1.06. The van der Waals surface area contributed by atoms with Crippen LogP contribution in [0.1, 0.15) is 19.4 Å². The Morgan fingerprint density at radius 1 is 1.18 bits per heavy atom. The Bertz CT molecular complexity index is 916. The quantitative estimate of drug-likeness (QED) is 0.704. The van der Waals surface area contributed by atoms with Gasteiger partial charge in [-0.25, -0.2) is 8.42 Å². The van der Waals surface area contributed by atoms with Gasteiger partial charge in [0.1, 0.15) is 18.4 Å². The summed E-state index contributed by atoms with van der Waals surface area (Å²) < 4.78 is 31.3. The number of benzene rings is 2. The van der Waals surface area contributed by atoms with Crippen LogP contribution in [-0.4, -0.2) is 39.3 Å². The number of nitrogens with zero attached hydrogens (tertiary/aromatic N) is 1. The van der Waals surface area contributed by atoms with E-state index in [0.29, 0.717) is 16.5 Å². The van der Waals surface area contributed by atoms with Crippen LogP contribution in [0, 0.1) is 6.92 Å². The van der Waals surface area contributed by atoms with Gasteiger partial charge in [0, 0.05) is 5.02 Å². The lowest BCUT2D eigenvalue weighted by Crippen LogP contribution is -2.50. The minimum atomic E-state index is -3.69. The van der Waals surface area contributed by atoms with Gasteiger partial charge in [0.15, 0.2) is 0 Å². The van der Waals surface area contributed by atoms with Gasteiger partial charge in [-0.1, -0.05) is 35.4 Å². The van der Waals surface area contributed by atoms with Crippen LogP contribution in [0.5, 0.6) is 5.75 Å². The fraction of sp³-hybridized carbons (Fsp3) is 0.350. The number of sulfonamides is 1. The molecule has 0 bridgehead atoms. The summed E-state index contributed by atoms with van der Waals surface area (Å²) in [5.41, 5.74) is 1.46. The van der Waals surface area contributed by atoms with E-state index in [0.717, 1.165) is 16.1 Å². The first-order valence-corrected chi connectivity index (χ1v) is 11.1. The second-order valence-corrected chi connectivity index (χ2v) is 9.04. The molecule has 2 aromatic rings. The predicted molar refractivity (Wildman–Crippen MR) is 113 cm³/mol. The van der Waals surface area contributed by atoms with Crippen molar-refractivity contribution < 1.29 is 17.9 Å². The summed E-state index contributed by atoms with van der Waals surface area (Å²) in [5, 5.41) is 3.18. The molecule has 2 rings (SSSR count). The molecule has 1 N–H and O–H groups in total. The van der Waals surface area contributed by atoms with E-state index in [9.17, 15) is 13.2 Å². The highest BCUT2D eigenvalue weighted by molar-refractivity contribution is 7.92. The summed E-state index contributed by atoms with van der Waals surface area (Å²) in [7, 11) is -3.69. The minimum absolute atomic E-state index is 0.261. The van der Waals surface area contributed by atoms with Crippen molar-refractivity contribution in [3.63, 3.8) is 0 Å². The van der Waals surface area contributed by atoms with Crippen molar-refractivity contribution in [1.82, 2.24) is 5.32 Å². The molecule has 8 heteroatoms. The smallest absolute Gasteiger partial charge is 0.243 e. The number of anilines is 1. The van der Waals surface area contributed by atoms with Gasteiger partial charge in [0.25, 0.3) is 0 Å². The van der Waals surface area contributed by atoms with Gasteiger partial charge in [0.05, 0.1) is 18.0 Å². The van der Waals surface area contributed by atoms with E-state index < -0.39 is 22.0 Å². The zero-order chi connectivity index (χ0) is 20.9. The molecule has 2 atom stereocenters. The number of carbonyl (C=O) groups excluding carboxylic acids is 1. The number of amides is 1. The highest BCUT2D eigenvalue weighted by atomic mass is 35.5. The van der Waals surface area contributed by atoms with Crippen LogP contribution in [0.4, 0.5) is 5.69 Å². The second kappa shape index (κ2) is 9.30. The van der Waals surface area contributed by atoms with Crippen LogP contribution >= 0.6 is 11.6 Å². The Morgan fingerprint density at radius 3 is 2.39 bits per heavy atom. The fourth-order valence-corrected chi connectivity index (χ4v) is 4.03. The summed E-state index contributed by atoms with van der Waals surface area (Å²) in [6.45, 7) is 5.58. The second-order valence-electron chi connectivity index (χ2n) is 6.75. The van der Waals surface area contributed by atoms with Gasteiger partial charge in [-0.15, -0.1) is 0 Å². The fourth-order valence-electron chi connectivity index (χ4n) is 2.68. The number of aryl methyl sites for hydroxylation is 1. The van der Waals surface area contributed by atoms with Crippen molar-refractivity contribution in [2.75, 3.05) is 17.2 Å². The number of nitrogens with one attached hydrogen (secondary N) is 1. The standard InChI is InChI=1S/C20H25ClN2O4S/c1-14-8-10-19(11-9-14)27-13-15(2)22-20(24)16(3)23(28(4,25)26)18-7-5-6-17(21)12-18/h5-12,15-16H,13H2,1-4H3,(H,22,24)/t15-,16+/m0/s1. The maximum atomic E-state index is 12.7. The van der Waals surface area contributed by atoms with E-state index in [4.69, 9.17) is 16.3 Å². The van der Waals surface area contributed by atoms with Crippen molar-refractivity contribution in [2.45, 2.75) is 32.9 Å². The van der Waals surface area contributed by atoms with Gasteiger partial charge in [-0.2, -0.15) is 0 Å². The first kappa shape index (κ1) is 22.0. The third kappa shape index (κ3) is 6.14. The van der Waals surface area contributed by atoms with Crippen LogP contribution in [0.15, 0.2) is 48.5 Å². The third-order valence-corrected chi connectivity index (χ3v) is 5.54. The molecular weight excluding hydrogens is 400 g/mol. The molecule has 6 nitrogen and oxygen atoms in total. The van der Waals surface area contributed by atoms with Crippen molar-refractivity contribution in [2.24, 2.45) is 0 Å². The summed E-state index contributed by atoms with van der Waals surface area (Å²) in [6, 6.07) is 12.7. The van der Waals surface area contributed by atoms with Crippen LogP contribution in [0.2, 0.25) is 5.02 Å². The number of hydrogen-bond acceptors (Lipinski definition) is 4. The lowest BCUT2D eigenvalue weighted by Gasteiger charge is -2.29. The van der Waals surface area contributed by atoms with Gasteiger partial charge < -0.3 is 10.1 Å². The van der Waals surface area contributed by atoms with E-state index in [1.807, 2.05) is 31.2 Å².